The molecule has 0 unspecified atom stereocenters. The first-order valence-electron chi connectivity index (χ1n) is 8.97. The number of aromatic hydroxyl groups is 1. The first kappa shape index (κ1) is 17.4. The molecule has 7 heteroatoms. The molecule has 2 aromatic heterocycles. The monoisotopic (exact) mass is 364 g/mol. The highest BCUT2D eigenvalue weighted by molar-refractivity contribution is 5.88. The number of aldehydes is 1. The second-order valence-electron chi connectivity index (χ2n) is 6.44. The summed E-state index contributed by atoms with van der Waals surface area (Å²) in [6, 6.07) is 8.86. The summed E-state index contributed by atoms with van der Waals surface area (Å²) in [6.07, 6.45) is 3.77. The molecule has 4 rings (SSSR count). The second kappa shape index (κ2) is 7.67. The minimum Gasteiger partial charge on any atom is -0.508 e. The third kappa shape index (κ3) is 3.73. The van der Waals surface area contributed by atoms with Gasteiger partial charge >= 0.3 is 0 Å². The summed E-state index contributed by atoms with van der Waals surface area (Å²) in [5.41, 5.74) is 3.16. The number of nitrogens with zero attached hydrogens (tertiary/aromatic N) is 4. The van der Waals surface area contributed by atoms with E-state index < -0.39 is 0 Å². The lowest BCUT2D eigenvalue weighted by Crippen LogP contribution is -2.37. The fourth-order valence-electron chi connectivity index (χ4n) is 3.18. The van der Waals surface area contributed by atoms with E-state index in [9.17, 15) is 9.90 Å². The molecule has 0 amide bonds. The molecule has 0 spiro atoms. The maximum Gasteiger partial charge on any atom is 0.162 e. The van der Waals surface area contributed by atoms with E-state index in [4.69, 9.17) is 9.72 Å². The van der Waals surface area contributed by atoms with Crippen molar-refractivity contribution in [3.8, 4) is 17.1 Å². The van der Waals surface area contributed by atoms with E-state index in [1.165, 1.54) is 0 Å². The van der Waals surface area contributed by atoms with Crippen molar-refractivity contribution in [1.29, 1.82) is 0 Å². The van der Waals surface area contributed by atoms with Gasteiger partial charge in [-0.2, -0.15) is 0 Å². The van der Waals surface area contributed by atoms with Gasteiger partial charge in [0.1, 0.15) is 17.6 Å². The third-order valence-electron chi connectivity index (χ3n) is 4.54. The van der Waals surface area contributed by atoms with Gasteiger partial charge in [0, 0.05) is 31.3 Å². The lowest BCUT2D eigenvalue weighted by molar-refractivity contribution is -0.107. The fourth-order valence-corrected chi connectivity index (χ4v) is 3.18. The molecule has 27 heavy (non-hydrogen) atoms. The number of phenols is 1. The van der Waals surface area contributed by atoms with Crippen molar-refractivity contribution in [2.45, 2.75) is 12.8 Å². The van der Waals surface area contributed by atoms with Gasteiger partial charge in [0.25, 0.3) is 0 Å². The molecule has 1 N–H and O–H groups in total. The number of aromatic nitrogens is 3. The molecule has 0 bridgehead atoms. The lowest BCUT2D eigenvalue weighted by Gasteiger charge is -2.28. The second-order valence-corrected chi connectivity index (χ2v) is 6.44. The SMILES string of the molecule is O=CCCc1cnc2c(N3CCOCC3)nc(-c3cccc(O)c3)nc2c1. The van der Waals surface area contributed by atoms with Crippen LogP contribution in [0.25, 0.3) is 22.4 Å². The average molecular weight is 364 g/mol. The first-order chi connectivity index (χ1) is 13.2. The summed E-state index contributed by atoms with van der Waals surface area (Å²) < 4.78 is 5.46. The molecule has 0 aliphatic carbocycles. The van der Waals surface area contributed by atoms with E-state index in [-0.39, 0.29) is 5.75 Å². The first-order valence-corrected chi connectivity index (χ1v) is 8.97. The van der Waals surface area contributed by atoms with Crippen LogP contribution >= 0.6 is 0 Å². The van der Waals surface area contributed by atoms with Crippen molar-refractivity contribution < 1.29 is 14.6 Å². The molecule has 0 atom stereocenters. The van der Waals surface area contributed by atoms with Gasteiger partial charge in [0.2, 0.25) is 0 Å². The number of ether oxygens (including phenoxy) is 1. The van der Waals surface area contributed by atoms with Crippen LogP contribution in [-0.2, 0) is 16.0 Å². The summed E-state index contributed by atoms with van der Waals surface area (Å²) in [4.78, 5) is 26.9. The molecule has 3 heterocycles. The van der Waals surface area contributed by atoms with Crippen LogP contribution in [0.2, 0.25) is 0 Å². The molecule has 7 nitrogen and oxygen atoms in total. The Hall–Kier alpha value is -3.06. The van der Waals surface area contributed by atoms with E-state index in [1.54, 1.807) is 24.4 Å². The fraction of sp³-hybridized carbons (Fsp3) is 0.300. The standard InChI is InChI=1S/C20H20N4O3/c25-8-2-3-14-11-17-18(21-13-14)20(24-6-9-27-10-7-24)23-19(22-17)15-4-1-5-16(26)12-15/h1,4-5,8,11-13,26H,2-3,6-7,9-10H2. The van der Waals surface area contributed by atoms with Crippen LogP contribution < -0.4 is 4.90 Å². The Morgan fingerprint density at radius 1 is 1.19 bits per heavy atom. The summed E-state index contributed by atoms with van der Waals surface area (Å²) in [7, 11) is 0. The van der Waals surface area contributed by atoms with Crippen LogP contribution in [0.15, 0.2) is 36.5 Å². The minimum absolute atomic E-state index is 0.168. The van der Waals surface area contributed by atoms with Gasteiger partial charge in [-0.05, 0) is 30.2 Å². The number of fused-ring (bicyclic) bond motifs is 1. The molecule has 1 fully saturated rings. The number of hydrogen-bond acceptors (Lipinski definition) is 7. The van der Waals surface area contributed by atoms with Crippen LogP contribution in [0.5, 0.6) is 5.75 Å². The molecule has 0 saturated carbocycles. The summed E-state index contributed by atoms with van der Waals surface area (Å²) in [6.45, 7) is 2.76. The lowest BCUT2D eigenvalue weighted by atomic mass is 10.1. The van der Waals surface area contributed by atoms with Crippen LogP contribution in [0, 0.1) is 0 Å². The predicted octanol–water partition coefficient (Wildman–Crippen LogP) is 2.37. The van der Waals surface area contributed by atoms with Crippen molar-refractivity contribution in [3.63, 3.8) is 0 Å². The predicted molar refractivity (Wildman–Crippen MR) is 102 cm³/mol. The van der Waals surface area contributed by atoms with Gasteiger partial charge in [-0.25, -0.2) is 9.97 Å². The van der Waals surface area contributed by atoms with Crippen LogP contribution in [0.3, 0.4) is 0 Å². The van der Waals surface area contributed by atoms with Crippen molar-refractivity contribution in [2.24, 2.45) is 0 Å². The third-order valence-corrected chi connectivity index (χ3v) is 4.54. The van der Waals surface area contributed by atoms with E-state index in [0.717, 1.165) is 47.4 Å². The summed E-state index contributed by atoms with van der Waals surface area (Å²) in [5.74, 6) is 1.47. The molecule has 1 aliphatic heterocycles. The Morgan fingerprint density at radius 3 is 2.81 bits per heavy atom. The molecule has 138 valence electrons. The zero-order valence-electron chi connectivity index (χ0n) is 14.8. The van der Waals surface area contributed by atoms with Crippen molar-refractivity contribution >= 4 is 23.1 Å². The van der Waals surface area contributed by atoms with Crippen molar-refractivity contribution in [1.82, 2.24) is 15.0 Å². The quantitative estimate of drug-likeness (QED) is 0.695. The number of carbonyl (C=O) groups excluding carboxylic acids is 1. The zero-order chi connectivity index (χ0) is 18.6. The summed E-state index contributed by atoms with van der Waals surface area (Å²) in [5, 5.41) is 9.82. The van der Waals surface area contributed by atoms with Crippen LogP contribution in [0.1, 0.15) is 12.0 Å². The van der Waals surface area contributed by atoms with Gasteiger partial charge in [-0.1, -0.05) is 12.1 Å². The highest BCUT2D eigenvalue weighted by Gasteiger charge is 2.19. The Balaban J connectivity index is 1.85. The molecular formula is C20H20N4O3. The van der Waals surface area contributed by atoms with E-state index in [0.29, 0.717) is 31.9 Å². The smallest absolute Gasteiger partial charge is 0.162 e. The number of pyridine rings is 1. The van der Waals surface area contributed by atoms with Crippen molar-refractivity contribution in [3.05, 3.63) is 42.1 Å². The molecule has 1 aliphatic rings. The number of phenolic OH excluding ortho intramolecular Hbond substituents is 1. The molecule has 1 aromatic carbocycles. The number of benzene rings is 1. The molecular weight excluding hydrogens is 344 g/mol. The molecule has 0 radical (unpaired) electrons. The van der Waals surface area contributed by atoms with Crippen LogP contribution in [0.4, 0.5) is 5.82 Å². The Kier molecular flexibility index (Phi) is 4.93. The van der Waals surface area contributed by atoms with Gasteiger partial charge in [0.05, 0.1) is 18.7 Å². The largest absolute Gasteiger partial charge is 0.508 e. The molecule has 3 aromatic rings. The number of aryl methyl sites for hydroxylation is 1. The van der Waals surface area contributed by atoms with Crippen LogP contribution in [-0.4, -0.2) is 52.6 Å². The van der Waals surface area contributed by atoms with Gasteiger partial charge in [-0.3, -0.25) is 4.98 Å². The van der Waals surface area contributed by atoms with Gasteiger partial charge < -0.3 is 19.5 Å². The van der Waals surface area contributed by atoms with Crippen molar-refractivity contribution in [2.75, 3.05) is 31.2 Å². The zero-order valence-corrected chi connectivity index (χ0v) is 14.8. The Bertz CT molecular complexity index is 971. The Labute approximate surface area is 156 Å². The maximum atomic E-state index is 10.7. The normalized spacial score (nSPS) is 14.4. The summed E-state index contributed by atoms with van der Waals surface area (Å²) >= 11 is 0. The number of anilines is 1. The molecule has 1 saturated heterocycles. The Morgan fingerprint density at radius 2 is 2.04 bits per heavy atom. The number of carbonyl (C=O) groups is 1. The number of hydrogen-bond donors (Lipinski definition) is 1. The average Bonchev–Trinajstić information content (AvgIpc) is 2.72. The number of rotatable bonds is 5. The van der Waals surface area contributed by atoms with E-state index in [2.05, 4.69) is 14.9 Å². The van der Waals surface area contributed by atoms with Gasteiger partial charge in [0.15, 0.2) is 11.6 Å². The minimum atomic E-state index is 0.168. The highest BCUT2D eigenvalue weighted by atomic mass is 16.5. The number of morpholine rings is 1. The maximum absolute atomic E-state index is 10.7. The topological polar surface area (TPSA) is 88.4 Å². The van der Waals surface area contributed by atoms with Gasteiger partial charge in [-0.15, -0.1) is 0 Å². The highest BCUT2D eigenvalue weighted by Crippen LogP contribution is 2.28. The van der Waals surface area contributed by atoms with E-state index in [1.807, 2.05) is 12.1 Å². The van der Waals surface area contributed by atoms with E-state index >= 15 is 0 Å².